The first-order valence-corrected chi connectivity index (χ1v) is 7.73. The lowest BCUT2D eigenvalue weighted by atomic mass is 10.0. The van der Waals surface area contributed by atoms with Crippen LogP contribution in [0.2, 0.25) is 0 Å². The number of aromatic nitrogens is 1. The Balaban J connectivity index is 1.56. The van der Waals surface area contributed by atoms with Crippen LogP contribution in [0.3, 0.4) is 0 Å². The number of thiazole rings is 1. The first-order chi connectivity index (χ1) is 9.33. The van der Waals surface area contributed by atoms with Crippen LogP contribution in [0.25, 0.3) is 0 Å². The fourth-order valence-electron chi connectivity index (χ4n) is 2.48. The minimum absolute atomic E-state index is 0.0615. The summed E-state index contributed by atoms with van der Waals surface area (Å²) in [6, 6.07) is 0. The largest absolute Gasteiger partial charge is 0.374 e. The van der Waals surface area contributed by atoms with E-state index in [4.69, 9.17) is 4.74 Å². The molecule has 1 aromatic rings. The number of morpholine rings is 1. The molecule has 0 aromatic carbocycles. The van der Waals surface area contributed by atoms with Crippen molar-refractivity contribution < 1.29 is 9.53 Å². The summed E-state index contributed by atoms with van der Waals surface area (Å²) in [6.45, 7) is 2.96. The van der Waals surface area contributed by atoms with Gasteiger partial charge in [-0.2, -0.15) is 0 Å². The topological polar surface area (TPSA) is 63.2 Å². The maximum absolute atomic E-state index is 12.1. The molecule has 1 amide bonds. The van der Waals surface area contributed by atoms with E-state index in [1.54, 1.807) is 11.3 Å². The fraction of sp³-hybridized carbons (Fsp3) is 0.692. The van der Waals surface area contributed by atoms with Crippen molar-refractivity contribution in [2.75, 3.05) is 26.2 Å². The Hall–Kier alpha value is -0.980. The lowest BCUT2D eigenvalue weighted by Crippen LogP contribution is -2.45. The number of ether oxygens (including phenoxy) is 1. The maximum Gasteiger partial charge on any atom is 0.280 e. The average Bonchev–Trinajstić information content (AvgIpc) is 2.90. The lowest BCUT2D eigenvalue weighted by molar-refractivity contribution is 0.0287. The van der Waals surface area contributed by atoms with Gasteiger partial charge in [0, 0.05) is 24.5 Å². The molecule has 1 atom stereocenters. The lowest BCUT2D eigenvalue weighted by Gasteiger charge is -2.23. The molecule has 6 heteroatoms. The summed E-state index contributed by atoms with van der Waals surface area (Å²) in [5.41, 5.74) is 1.14. The van der Waals surface area contributed by atoms with Crippen molar-refractivity contribution in [1.29, 1.82) is 0 Å². The first-order valence-electron chi connectivity index (χ1n) is 6.92. The van der Waals surface area contributed by atoms with Crippen LogP contribution in [0, 0.1) is 0 Å². The standard InChI is InChI=1S/C13H19N3O2S/c17-12(15-8-9-7-14-5-6-18-9)13-16-10-3-1-2-4-11(10)19-13/h9,14H,1-8H2,(H,15,17). The van der Waals surface area contributed by atoms with Gasteiger partial charge in [0.15, 0.2) is 5.01 Å². The number of rotatable bonds is 3. The normalized spacial score (nSPS) is 22.8. The predicted molar refractivity (Wildman–Crippen MR) is 73.7 cm³/mol. The van der Waals surface area contributed by atoms with Crippen molar-refractivity contribution in [2.24, 2.45) is 0 Å². The Morgan fingerprint density at radius 1 is 1.47 bits per heavy atom. The molecule has 104 valence electrons. The quantitative estimate of drug-likeness (QED) is 0.858. The van der Waals surface area contributed by atoms with Crippen molar-refractivity contribution in [1.82, 2.24) is 15.6 Å². The van der Waals surface area contributed by atoms with Crippen molar-refractivity contribution in [3.63, 3.8) is 0 Å². The van der Waals surface area contributed by atoms with Crippen LogP contribution < -0.4 is 10.6 Å². The molecule has 1 aliphatic carbocycles. The van der Waals surface area contributed by atoms with Crippen molar-refractivity contribution in [3.8, 4) is 0 Å². The Bertz CT molecular complexity index is 431. The second kappa shape index (κ2) is 5.98. The minimum Gasteiger partial charge on any atom is -0.374 e. The zero-order valence-corrected chi connectivity index (χ0v) is 11.7. The van der Waals surface area contributed by atoms with Gasteiger partial charge in [-0.25, -0.2) is 4.98 Å². The molecule has 1 unspecified atom stereocenters. The summed E-state index contributed by atoms with van der Waals surface area (Å²) >= 11 is 1.55. The van der Waals surface area contributed by atoms with Crippen LogP contribution in [0.5, 0.6) is 0 Å². The second-order valence-corrected chi connectivity index (χ2v) is 6.09. The van der Waals surface area contributed by atoms with E-state index in [0.717, 1.165) is 31.6 Å². The van der Waals surface area contributed by atoms with Crippen LogP contribution in [0.15, 0.2) is 0 Å². The molecule has 2 aliphatic rings. The molecule has 1 fully saturated rings. The molecular formula is C13H19N3O2S. The van der Waals surface area contributed by atoms with Crippen LogP contribution in [0.1, 0.15) is 33.2 Å². The van der Waals surface area contributed by atoms with Crippen molar-refractivity contribution in [2.45, 2.75) is 31.8 Å². The van der Waals surface area contributed by atoms with Crippen LogP contribution in [0.4, 0.5) is 0 Å². The molecule has 2 heterocycles. The van der Waals surface area contributed by atoms with E-state index in [-0.39, 0.29) is 12.0 Å². The monoisotopic (exact) mass is 281 g/mol. The fourth-order valence-corrected chi connectivity index (χ4v) is 3.55. The third kappa shape index (κ3) is 3.13. The predicted octanol–water partition coefficient (Wildman–Crippen LogP) is 0.740. The molecular weight excluding hydrogens is 262 g/mol. The van der Waals surface area contributed by atoms with E-state index >= 15 is 0 Å². The highest BCUT2D eigenvalue weighted by Crippen LogP contribution is 2.26. The van der Waals surface area contributed by atoms with Crippen molar-refractivity contribution in [3.05, 3.63) is 15.6 Å². The molecule has 1 saturated heterocycles. The zero-order valence-electron chi connectivity index (χ0n) is 10.9. The molecule has 3 rings (SSSR count). The van der Waals surface area contributed by atoms with Gasteiger partial charge in [0.05, 0.1) is 18.4 Å². The van der Waals surface area contributed by atoms with Gasteiger partial charge in [-0.1, -0.05) is 0 Å². The number of fused-ring (bicyclic) bond motifs is 1. The third-order valence-electron chi connectivity index (χ3n) is 3.53. The molecule has 1 aromatic heterocycles. The minimum atomic E-state index is -0.0615. The molecule has 19 heavy (non-hydrogen) atoms. The van der Waals surface area contributed by atoms with E-state index in [1.165, 1.54) is 17.7 Å². The van der Waals surface area contributed by atoms with Gasteiger partial charge in [0.25, 0.3) is 5.91 Å². The van der Waals surface area contributed by atoms with E-state index < -0.39 is 0 Å². The number of carbonyl (C=O) groups is 1. The van der Waals surface area contributed by atoms with Gasteiger partial charge in [-0.05, 0) is 25.7 Å². The zero-order chi connectivity index (χ0) is 13.1. The van der Waals surface area contributed by atoms with Gasteiger partial charge in [0.1, 0.15) is 0 Å². The summed E-state index contributed by atoms with van der Waals surface area (Å²) < 4.78 is 5.55. The summed E-state index contributed by atoms with van der Waals surface area (Å²) in [7, 11) is 0. The number of hydrogen-bond acceptors (Lipinski definition) is 5. The van der Waals surface area contributed by atoms with Crippen molar-refractivity contribution >= 4 is 17.2 Å². The van der Waals surface area contributed by atoms with Gasteiger partial charge in [-0.15, -0.1) is 11.3 Å². The van der Waals surface area contributed by atoms with Crippen LogP contribution in [-0.2, 0) is 17.6 Å². The van der Waals surface area contributed by atoms with E-state index in [0.29, 0.717) is 18.2 Å². The third-order valence-corrected chi connectivity index (χ3v) is 4.69. The molecule has 0 saturated carbocycles. The Labute approximate surface area is 116 Å². The Morgan fingerprint density at radius 2 is 2.37 bits per heavy atom. The van der Waals surface area contributed by atoms with Gasteiger partial charge >= 0.3 is 0 Å². The molecule has 5 nitrogen and oxygen atoms in total. The van der Waals surface area contributed by atoms with Crippen LogP contribution in [-0.4, -0.2) is 43.2 Å². The number of aryl methyl sites for hydroxylation is 2. The molecule has 1 aliphatic heterocycles. The van der Waals surface area contributed by atoms with E-state index in [2.05, 4.69) is 15.6 Å². The summed E-state index contributed by atoms with van der Waals surface area (Å²) in [5, 5.41) is 6.78. The Morgan fingerprint density at radius 3 is 3.16 bits per heavy atom. The van der Waals surface area contributed by atoms with Gasteiger partial charge < -0.3 is 15.4 Å². The number of carbonyl (C=O) groups excluding carboxylic acids is 1. The molecule has 0 radical (unpaired) electrons. The highest BCUT2D eigenvalue weighted by molar-refractivity contribution is 7.13. The number of nitrogens with zero attached hydrogens (tertiary/aromatic N) is 1. The molecule has 0 bridgehead atoms. The van der Waals surface area contributed by atoms with Crippen LogP contribution >= 0.6 is 11.3 Å². The smallest absolute Gasteiger partial charge is 0.280 e. The number of hydrogen-bond donors (Lipinski definition) is 2. The number of nitrogens with one attached hydrogen (secondary N) is 2. The van der Waals surface area contributed by atoms with E-state index in [1.807, 2.05) is 0 Å². The second-order valence-electron chi connectivity index (χ2n) is 5.00. The van der Waals surface area contributed by atoms with Gasteiger partial charge in [-0.3, -0.25) is 4.79 Å². The van der Waals surface area contributed by atoms with E-state index in [9.17, 15) is 4.79 Å². The maximum atomic E-state index is 12.1. The van der Waals surface area contributed by atoms with Gasteiger partial charge in [0.2, 0.25) is 0 Å². The highest BCUT2D eigenvalue weighted by Gasteiger charge is 2.20. The Kier molecular flexibility index (Phi) is 4.10. The summed E-state index contributed by atoms with van der Waals surface area (Å²) in [4.78, 5) is 17.8. The summed E-state index contributed by atoms with van der Waals surface area (Å²) in [6.07, 6.45) is 4.59. The number of amides is 1. The average molecular weight is 281 g/mol. The summed E-state index contributed by atoms with van der Waals surface area (Å²) in [5.74, 6) is -0.0615. The highest BCUT2D eigenvalue weighted by atomic mass is 32.1. The SMILES string of the molecule is O=C(NCC1CNCCO1)c1nc2c(s1)CCCC2. The first kappa shape index (κ1) is 13.0. The molecule has 0 spiro atoms. The molecule has 2 N–H and O–H groups in total.